The number of methoxy groups -OCH3 is 1. The lowest BCUT2D eigenvalue weighted by atomic mass is 9.71. The molecule has 3 aliphatic heterocycles. The van der Waals surface area contributed by atoms with Crippen LogP contribution in [0.2, 0.25) is 10.0 Å². The fourth-order valence-corrected chi connectivity index (χ4v) is 8.23. The number of nitrogens with one attached hydrogen (secondary N) is 1. The third-order valence-corrected chi connectivity index (χ3v) is 10.3. The van der Waals surface area contributed by atoms with Gasteiger partial charge < -0.3 is 14.6 Å². The molecule has 4 atom stereocenters. The Bertz CT molecular complexity index is 1850. The molecule has 214 valence electrons. The number of aryl methyl sites for hydroxylation is 1. The molecule has 4 aliphatic rings. The Kier molecular flexibility index (Phi) is 5.62. The Labute approximate surface area is 251 Å². The molecule has 8 rings (SSSR count). The van der Waals surface area contributed by atoms with Gasteiger partial charge in [0.25, 0.3) is 0 Å². The van der Waals surface area contributed by atoms with Crippen molar-refractivity contribution in [2.24, 2.45) is 5.92 Å². The number of benzene rings is 3. The summed E-state index contributed by atoms with van der Waals surface area (Å²) in [6.07, 6.45) is 2.19. The average Bonchev–Trinajstić information content (AvgIpc) is 3.40. The molecule has 4 aromatic rings. The van der Waals surface area contributed by atoms with Gasteiger partial charge in [0.15, 0.2) is 0 Å². The third kappa shape index (κ3) is 3.34. The summed E-state index contributed by atoms with van der Waals surface area (Å²) < 4.78 is 23.3. The van der Waals surface area contributed by atoms with Crippen molar-refractivity contribution >= 4 is 51.8 Å². The lowest BCUT2D eigenvalue weighted by Crippen LogP contribution is -2.53. The molecule has 1 aromatic heterocycles. The Hall–Kier alpha value is -3.46. The highest BCUT2D eigenvalue weighted by Gasteiger charge is 2.70. The highest BCUT2D eigenvalue weighted by Crippen LogP contribution is 2.65. The number of carbonyl (C=O) groups excluding carboxylic acids is 2. The fourth-order valence-electron chi connectivity index (χ4n) is 7.88. The zero-order valence-corrected chi connectivity index (χ0v) is 24.5. The highest BCUT2D eigenvalue weighted by atomic mass is 35.5. The average molecular weight is 605 g/mol. The second-order valence-corrected chi connectivity index (χ2v) is 12.7. The highest BCUT2D eigenvalue weighted by molar-refractivity contribution is 6.31. The van der Waals surface area contributed by atoms with E-state index in [4.69, 9.17) is 32.9 Å². The second kappa shape index (κ2) is 9.02. The number of anilines is 1. The van der Waals surface area contributed by atoms with E-state index < -0.39 is 23.2 Å². The maximum absolute atomic E-state index is 16.2. The van der Waals surface area contributed by atoms with Gasteiger partial charge in [-0.05, 0) is 67.1 Å². The van der Waals surface area contributed by atoms with Crippen LogP contribution in [0.15, 0.2) is 48.5 Å². The van der Waals surface area contributed by atoms with E-state index in [1.165, 1.54) is 13.2 Å². The van der Waals surface area contributed by atoms with E-state index >= 15 is 4.39 Å². The molecule has 1 spiro atoms. The van der Waals surface area contributed by atoms with Crippen LogP contribution in [-0.4, -0.2) is 46.0 Å². The van der Waals surface area contributed by atoms with E-state index in [9.17, 15) is 9.59 Å². The summed E-state index contributed by atoms with van der Waals surface area (Å²) in [4.78, 5) is 34.4. The van der Waals surface area contributed by atoms with Crippen molar-refractivity contribution in [2.45, 2.75) is 49.7 Å². The number of hydrogen-bond acceptors (Lipinski definition) is 5. The quantitative estimate of drug-likeness (QED) is 0.273. The topological polar surface area (TPSA) is 76.5 Å². The molecule has 1 saturated heterocycles. The molecule has 0 bridgehead atoms. The van der Waals surface area contributed by atoms with E-state index in [1.807, 2.05) is 19.1 Å². The van der Waals surface area contributed by atoms with Crippen LogP contribution < -0.4 is 5.32 Å². The number of nitrogens with zero attached hydrogens (tertiary/aromatic N) is 3. The van der Waals surface area contributed by atoms with Crippen LogP contribution in [0.1, 0.15) is 57.6 Å². The van der Waals surface area contributed by atoms with Crippen molar-refractivity contribution in [3.63, 3.8) is 0 Å². The van der Waals surface area contributed by atoms with Gasteiger partial charge in [-0.1, -0.05) is 41.4 Å². The summed E-state index contributed by atoms with van der Waals surface area (Å²) >= 11 is 12.8. The summed E-state index contributed by atoms with van der Waals surface area (Å²) in [6, 6.07) is 14.1. The molecule has 7 nitrogen and oxygen atoms in total. The number of likely N-dealkylation sites (tertiary alicyclic amines) is 1. The maximum Gasteiger partial charge on any atom is 0.338 e. The number of hydrogen-bond donors (Lipinski definition) is 1. The standard InChI is InChI=1S/C32H27Cl2FN4O3/c1-15-18(30(40)42-2)9-11-23-28(15)37-29-25-24(14-38(23)29)39(13-16-6-7-16)32(26(25)19-4-3-5-21(34)27(19)35)20-10-8-17(33)12-22(20)36-31(32)41/h3-5,8-12,16,24-26H,6-7,13-14H2,1-2H3,(H,36,41)/t24-,25+,26-,32+/m0/s1. The number of aromatic nitrogens is 2. The minimum Gasteiger partial charge on any atom is -0.465 e. The van der Waals surface area contributed by atoms with Crippen LogP contribution in [0.4, 0.5) is 10.1 Å². The largest absolute Gasteiger partial charge is 0.465 e. The molecule has 10 heteroatoms. The van der Waals surface area contributed by atoms with Gasteiger partial charge in [-0.2, -0.15) is 0 Å². The van der Waals surface area contributed by atoms with Gasteiger partial charge in [0.05, 0.1) is 28.7 Å². The van der Waals surface area contributed by atoms with Crippen molar-refractivity contribution < 1.29 is 18.7 Å². The van der Waals surface area contributed by atoms with Gasteiger partial charge in [-0.25, -0.2) is 14.2 Å². The number of halogens is 3. The summed E-state index contributed by atoms with van der Waals surface area (Å²) in [5.41, 5.74) is 3.43. The van der Waals surface area contributed by atoms with Crippen LogP contribution in [-0.2, 0) is 21.6 Å². The molecular weight excluding hydrogens is 578 g/mol. The lowest BCUT2D eigenvalue weighted by Gasteiger charge is -2.40. The summed E-state index contributed by atoms with van der Waals surface area (Å²) in [7, 11) is 1.36. The van der Waals surface area contributed by atoms with Crippen molar-refractivity contribution in [1.82, 2.24) is 14.5 Å². The Morgan fingerprint density at radius 1 is 1.19 bits per heavy atom. The van der Waals surface area contributed by atoms with Crippen molar-refractivity contribution in [3.05, 3.63) is 92.5 Å². The van der Waals surface area contributed by atoms with Crippen LogP contribution in [0.25, 0.3) is 11.0 Å². The summed E-state index contributed by atoms with van der Waals surface area (Å²) in [6.45, 7) is 3.16. The molecule has 42 heavy (non-hydrogen) atoms. The van der Waals surface area contributed by atoms with E-state index in [2.05, 4.69) is 14.8 Å². The first-order chi connectivity index (χ1) is 20.2. The normalized spacial score (nSPS) is 26.0. The maximum atomic E-state index is 16.2. The summed E-state index contributed by atoms with van der Waals surface area (Å²) in [5.74, 6) is -0.844. The number of fused-ring (bicyclic) bond motifs is 7. The first-order valence-corrected chi connectivity index (χ1v) is 14.9. The van der Waals surface area contributed by atoms with E-state index in [-0.39, 0.29) is 22.9 Å². The Balaban J connectivity index is 1.41. The predicted octanol–water partition coefficient (Wildman–Crippen LogP) is 6.40. The van der Waals surface area contributed by atoms with Crippen molar-refractivity contribution in [3.8, 4) is 0 Å². The number of rotatable bonds is 4. The van der Waals surface area contributed by atoms with Crippen LogP contribution in [0.5, 0.6) is 0 Å². The molecule has 1 aliphatic carbocycles. The number of imidazole rings is 1. The van der Waals surface area contributed by atoms with Crippen LogP contribution in [0, 0.1) is 18.7 Å². The van der Waals surface area contributed by atoms with Gasteiger partial charge in [0.2, 0.25) is 5.91 Å². The lowest BCUT2D eigenvalue weighted by molar-refractivity contribution is -0.128. The second-order valence-electron chi connectivity index (χ2n) is 11.9. The predicted molar refractivity (Wildman–Crippen MR) is 158 cm³/mol. The molecule has 4 heterocycles. The fraction of sp³-hybridized carbons (Fsp3) is 0.344. The molecule has 0 radical (unpaired) electrons. The van der Waals surface area contributed by atoms with Gasteiger partial charge in [-0.3, -0.25) is 9.69 Å². The van der Waals surface area contributed by atoms with Gasteiger partial charge in [0, 0.05) is 47.2 Å². The minimum absolute atomic E-state index is 0.0136. The Morgan fingerprint density at radius 2 is 2.00 bits per heavy atom. The van der Waals surface area contributed by atoms with Gasteiger partial charge in [-0.15, -0.1) is 0 Å². The van der Waals surface area contributed by atoms with Crippen LogP contribution >= 0.6 is 23.2 Å². The zero-order valence-electron chi connectivity index (χ0n) is 23.0. The van der Waals surface area contributed by atoms with Gasteiger partial charge in [0.1, 0.15) is 17.2 Å². The molecule has 2 fully saturated rings. The number of ether oxygens (including phenoxy) is 1. The van der Waals surface area contributed by atoms with Gasteiger partial charge >= 0.3 is 5.97 Å². The molecule has 0 unspecified atom stereocenters. The van der Waals surface area contributed by atoms with E-state index in [0.717, 1.165) is 35.3 Å². The molecule has 1 saturated carbocycles. The zero-order chi connectivity index (χ0) is 29.1. The summed E-state index contributed by atoms with van der Waals surface area (Å²) in [5, 5.41) is 3.63. The van der Waals surface area contributed by atoms with Crippen LogP contribution in [0.3, 0.4) is 0 Å². The Morgan fingerprint density at radius 3 is 2.76 bits per heavy atom. The number of amides is 1. The SMILES string of the molecule is COC(=O)c1ccc2c(nc3n2C[C@H]2[C@@H]3[C@H](c3cccc(Cl)c3F)[C@]3(C(=O)Nc4cc(Cl)ccc43)N2CC2CC2)c1C. The van der Waals surface area contributed by atoms with E-state index in [0.29, 0.717) is 46.4 Å². The smallest absolute Gasteiger partial charge is 0.338 e. The van der Waals surface area contributed by atoms with Crippen molar-refractivity contribution in [2.75, 3.05) is 19.0 Å². The molecule has 3 aromatic carbocycles. The molecule has 1 N–H and O–H groups in total. The third-order valence-electron chi connectivity index (χ3n) is 9.81. The molecular formula is C32H27Cl2FN4O3. The number of carbonyl (C=O) groups is 2. The van der Waals surface area contributed by atoms with Crippen molar-refractivity contribution in [1.29, 1.82) is 0 Å². The van der Waals surface area contributed by atoms with E-state index in [1.54, 1.807) is 30.3 Å². The first kappa shape index (κ1) is 26.2. The first-order valence-electron chi connectivity index (χ1n) is 14.2. The monoisotopic (exact) mass is 604 g/mol. The minimum atomic E-state index is -1.18. The molecule has 1 amide bonds. The number of esters is 1.